The molecule has 0 heterocycles. The standard InChI is InChI=1S/C2H3O.Zr/c1-2-3;/h1H3;/q-1;. The van der Waals surface area contributed by atoms with Crippen molar-refractivity contribution in [3.63, 3.8) is 0 Å². The molecule has 0 unspecified atom stereocenters. The van der Waals surface area contributed by atoms with Crippen LogP contribution in [0.1, 0.15) is 6.92 Å². The average Bonchev–Trinajstić information content (AvgIpc) is 0.918. The van der Waals surface area contributed by atoms with Crippen molar-refractivity contribution in [2.24, 2.45) is 0 Å². The summed E-state index contributed by atoms with van der Waals surface area (Å²) in [6.45, 7) is 1.32. The van der Waals surface area contributed by atoms with Crippen molar-refractivity contribution < 1.29 is 31.0 Å². The van der Waals surface area contributed by atoms with E-state index in [0.29, 0.717) is 0 Å². The van der Waals surface area contributed by atoms with E-state index < -0.39 is 0 Å². The molecule has 22 valence electrons. The van der Waals surface area contributed by atoms with E-state index in [1.165, 1.54) is 13.2 Å². The second-order valence-corrected chi connectivity index (χ2v) is 0.204. The third-order valence-corrected chi connectivity index (χ3v) is 0. The minimum absolute atomic E-state index is 0. The Bertz CT molecular complexity index is 13.5. The molecule has 4 heavy (non-hydrogen) atoms. The summed E-state index contributed by atoms with van der Waals surface area (Å²) in [6, 6.07) is 0. The minimum atomic E-state index is 0. The predicted octanol–water partition coefficient (Wildman–Crippen LogP) is 0.113. The Morgan fingerprint density at radius 3 is 1.75 bits per heavy atom. The van der Waals surface area contributed by atoms with E-state index >= 15 is 0 Å². The second-order valence-electron chi connectivity index (χ2n) is 0.204. The van der Waals surface area contributed by atoms with Gasteiger partial charge in [-0.15, -0.1) is 0 Å². The van der Waals surface area contributed by atoms with Crippen LogP contribution in [0.15, 0.2) is 0 Å². The van der Waals surface area contributed by atoms with Crippen molar-refractivity contribution in [1.29, 1.82) is 0 Å². The number of hydrogen-bond acceptors (Lipinski definition) is 1. The van der Waals surface area contributed by atoms with Gasteiger partial charge >= 0.3 is 0 Å². The van der Waals surface area contributed by atoms with Crippen molar-refractivity contribution in [2.45, 2.75) is 6.92 Å². The van der Waals surface area contributed by atoms with E-state index in [-0.39, 0.29) is 26.2 Å². The molecule has 0 aromatic heterocycles. The first-order valence-electron chi connectivity index (χ1n) is 0.704. The molecule has 0 saturated carbocycles. The van der Waals surface area contributed by atoms with E-state index in [4.69, 9.17) is 4.79 Å². The first kappa shape index (κ1) is 8.82. The molecule has 0 aromatic rings. The summed E-state index contributed by atoms with van der Waals surface area (Å²) in [4.78, 5) is 8.68. The molecule has 0 N–H and O–H groups in total. The predicted molar refractivity (Wildman–Crippen MR) is 11.4 cm³/mol. The Labute approximate surface area is 44.5 Å². The Hall–Kier alpha value is 0.553. The summed E-state index contributed by atoms with van der Waals surface area (Å²) < 4.78 is 0. The molecule has 0 fully saturated rings. The van der Waals surface area contributed by atoms with Crippen LogP contribution in [0, 0.1) is 0 Å². The Kier molecular flexibility index (Phi) is 21.2. The smallest absolute Gasteiger partial charge is 0 e. The fraction of sp³-hybridized carbons (Fsp3) is 0.500. The zero-order valence-corrected chi connectivity index (χ0v) is 4.87. The summed E-state index contributed by atoms with van der Waals surface area (Å²) in [7, 11) is 0. The maximum absolute atomic E-state index is 8.68. The van der Waals surface area contributed by atoms with Crippen LogP contribution >= 0.6 is 0 Å². The molecular formula is C2H3OZr-. The monoisotopic (exact) mass is 133 g/mol. The van der Waals surface area contributed by atoms with Crippen LogP contribution in [0.5, 0.6) is 0 Å². The van der Waals surface area contributed by atoms with Crippen molar-refractivity contribution in [2.75, 3.05) is 0 Å². The van der Waals surface area contributed by atoms with Crippen molar-refractivity contribution in [3.8, 4) is 0 Å². The molecule has 0 radical (unpaired) electrons. The molecule has 0 saturated heterocycles. The molecule has 0 rings (SSSR count). The Morgan fingerprint density at radius 2 is 1.75 bits per heavy atom. The van der Waals surface area contributed by atoms with E-state index in [9.17, 15) is 0 Å². The molecule has 2 heteroatoms. The molecule has 0 aliphatic carbocycles. The molecule has 0 aliphatic heterocycles. The van der Waals surface area contributed by atoms with Gasteiger partial charge in [-0.2, -0.15) is 6.92 Å². The van der Waals surface area contributed by atoms with Crippen LogP contribution < -0.4 is 0 Å². The molecule has 0 aromatic carbocycles. The third kappa shape index (κ3) is 20.1. The quantitative estimate of drug-likeness (QED) is 0.430. The third-order valence-electron chi connectivity index (χ3n) is 0. The Morgan fingerprint density at radius 1 is 1.75 bits per heavy atom. The zero-order valence-electron chi connectivity index (χ0n) is 2.41. The second kappa shape index (κ2) is 9.60. The van der Waals surface area contributed by atoms with E-state index in [2.05, 4.69) is 0 Å². The van der Waals surface area contributed by atoms with Gasteiger partial charge in [0, 0.05) is 26.2 Å². The maximum Gasteiger partial charge on any atom is 0 e. The molecule has 0 aliphatic rings. The van der Waals surface area contributed by atoms with Crippen molar-refractivity contribution >= 4 is 6.29 Å². The first-order chi connectivity index (χ1) is 1.41. The van der Waals surface area contributed by atoms with Gasteiger partial charge in [0.25, 0.3) is 0 Å². The fourth-order valence-corrected chi connectivity index (χ4v) is 0. The fourth-order valence-electron chi connectivity index (χ4n) is 0. The number of hydrogen-bond donors (Lipinski definition) is 0. The molecule has 1 nitrogen and oxygen atoms in total. The van der Waals surface area contributed by atoms with E-state index in [1.54, 1.807) is 0 Å². The Balaban J connectivity index is 0. The summed E-state index contributed by atoms with van der Waals surface area (Å²) in [6.07, 6.45) is 1.50. The van der Waals surface area contributed by atoms with Crippen LogP contribution in [0.3, 0.4) is 0 Å². The largest absolute Gasteiger partial charge is 0.542 e. The normalized spacial score (nSPS) is 3.25. The van der Waals surface area contributed by atoms with Gasteiger partial charge in [-0.05, 0) is 0 Å². The number of rotatable bonds is 0. The van der Waals surface area contributed by atoms with Gasteiger partial charge in [-0.1, -0.05) is 0 Å². The van der Waals surface area contributed by atoms with E-state index in [1.807, 2.05) is 0 Å². The summed E-state index contributed by atoms with van der Waals surface area (Å²) >= 11 is 0. The van der Waals surface area contributed by atoms with Crippen LogP contribution in [0.25, 0.3) is 0 Å². The average molecular weight is 134 g/mol. The van der Waals surface area contributed by atoms with E-state index in [0.717, 1.165) is 0 Å². The summed E-state index contributed by atoms with van der Waals surface area (Å²) in [5, 5.41) is 0. The molecule has 0 bridgehead atoms. The zero-order chi connectivity index (χ0) is 2.71. The SMILES string of the molecule is C[C-]=O.[Zr]. The van der Waals surface area contributed by atoms with Gasteiger partial charge in [0.2, 0.25) is 0 Å². The van der Waals surface area contributed by atoms with Crippen LogP contribution in [-0.4, -0.2) is 6.29 Å². The number of carbonyl (C=O) groups excluding carboxylic acids is 1. The molecule has 0 spiro atoms. The van der Waals surface area contributed by atoms with Gasteiger partial charge in [0.1, 0.15) is 0 Å². The topological polar surface area (TPSA) is 17.1 Å². The molecule has 0 atom stereocenters. The van der Waals surface area contributed by atoms with Crippen molar-refractivity contribution in [1.82, 2.24) is 0 Å². The van der Waals surface area contributed by atoms with Gasteiger partial charge in [0.05, 0.1) is 0 Å². The van der Waals surface area contributed by atoms with Gasteiger partial charge in [0.15, 0.2) is 0 Å². The summed E-state index contributed by atoms with van der Waals surface area (Å²) in [5.41, 5.74) is 0. The van der Waals surface area contributed by atoms with Gasteiger partial charge in [-0.3, -0.25) is 6.29 Å². The van der Waals surface area contributed by atoms with Crippen molar-refractivity contribution in [3.05, 3.63) is 0 Å². The van der Waals surface area contributed by atoms with Crippen LogP contribution in [-0.2, 0) is 31.0 Å². The van der Waals surface area contributed by atoms with Gasteiger partial charge < -0.3 is 4.79 Å². The molecular weight excluding hydrogens is 131 g/mol. The first-order valence-corrected chi connectivity index (χ1v) is 0.704. The van der Waals surface area contributed by atoms with Crippen LogP contribution in [0.4, 0.5) is 0 Å². The minimum Gasteiger partial charge on any atom is -0.542 e. The summed E-state index contributed by atoms with van der Waals surface area (Å²) in [5.74, 6) is 0. The molecule has 0 amide bonds. The van der Waals surface area contributed by atoms with Crippen LogP contribution in [0.2, 0.25) is 0 Å². The van der Waals surface area contributed by atoms with Gasteiger partial charge in [-0.25, -0.2) is 0 Å². The maximum atomic E-state index is 8.68.